The first-order valence-corrected chi connectivity index (χ1v) is 5.78. The summed E-state index contributed by atoms with van der Waals surface area (Å²) >= 11 is 0. The van der Waals surface area contributed by atoms with Crippen molar-refractivity contribution in [2.75, 3.05) is 19.8 Å². The standard InChI is InChI=1S/C11H20O7/c1-2-8(5-12)17-10(15)3-4-11(16)18-9(6-13)7-14/h8-9,12-14H,2-7H2,1H3. The van der Waals surface area contributed by atoms with Gasteiger partial charge in [0, 0.05) is 0 Å². The third-order valence-corrected chi connectivity index (χ3v) is 2.20. The number of rotatable bonds is 9. The summed E-state index contributed by atoms with van der Waals surface area (Å²) in [5.41, 5.74) is 0. The molecule has 0 saturated heterocycles. The predicted molar refractivity (Wildman–Crippen MR) is 60.5 cm³/mol. The SMILES string of the molecule is CCC(CO)OC(=O)CCC(=O)OC(CO)CO. The van der Waals surface area contributed by atoms with Gasteiger partial charge < -0.3 is 24.8 Å². The maximum absolute atomic E-state index is 11.3. The first kappa shape index (κ1) is 16.8. The zero-order valence-electron chi connectivity index (χ0n) is 10.4. The highest BCUT2D eigenvalue weighted by Gasteiger charge is 2.16. The largest absolute Gasteiger partial charge is 0.460 e. The molecular weight excluding hydrogens is 244 g/mol. The van der Waals surface area contributed by atoms with E-state index in [2.05, 4.69) is 4.74 Å². The molecular formula is C11H20O7. The lowest BCUT2D eigenvalue weighted by Crippen LogP contribution is -2.26. The highest BCUT2D eigenvalue weighted by atomic mass is 16.6. The lowest BCUT2D eigenvalue weighted by Gasteiger charge is -2.14. The van der Waals surface area contributed by atoms with Gasteiger partial charge in [-0.1, -0.05) is 6.92 Å². The molecule has 0 radical (unpaired) electrons. The molecule has 1 atom stereocenters. The second kappa shape index (κ2) is 9.81. The number of aliphatic hydroxyl groups is 3. The van der Waals surface area contributed by atoms with Crippen molar-refractivity contribution in [1.29, 1.82) is 0 Å². The summed E-state index contributed by atoms with van der Waals surface area (Å²) < 4.78 is 9.52. The molecule has 7 nitrogen and oxygen atoms in total. The van der Waals surface area contributed by atoms with E-state index in [4.69, 9.17) is 20.1 Å². The third kappa shape index (κ3) is 7.21. The van der Waals surface area contributed by atoms with Crippen LogP contribution in [-0.2, 0) is 19.1 Å². The van der Waals surface area contributed by atoms with Gasteiger partial charge >= 0.3 is 11.9 Å². The van der Waals surface area contributed by atoms with Gasteiger partial charge in [0.05, 0.1) is 32.7 Å². The van der Waals surface area contributed by atoms with Crippen molar-refractivity contribution in [3.63, 3.8) is 0 Å². The molecule has 0 aliphatic heterocycles. The summed E-state index contributed by atoms with van der Waals surface area (Å²) in [7, 11) is 0. The number of carbonyl (C=O) groups excluding carboxylic acids is 2. The van der Waals surface area contributed by atoms with E-state index in [1.807, 2.05) is 0 Å². The average molecular weight is 264 g/mol. The van der Waals surface area contributed by atoms with E-state index >= 15 is 0 Å². The summed E-state index contributed by atoms with van der Waals surface area (Å²) in [6.07, 6.45) is -1.40. The number of carbonyl (C=O) groups is 2. The Labute approximate surface area is 105 Å². The predicted octanol–water partition coefficient (Wildman–Crippen LogP) is -1.02. The molecule has 0 heterocycles. The molecule has 18 heavy (non-hydrogen) atoms. The highest BCUT2D eigenvalue weighted by Crippen LogP contribution is 2.03. The van der Waals surface area contributed by atoms with Crippen LogP contribution in [0.2, 0.25) is 0 Å². The smallest absolute Gasteiger partial charge is 0.306 e. The van der Waals surface area contributed by atoms with Crippen LogP contribution in [0.25, 0.3) is 0 Å². The Morgan fingerprint density at radius 1 is 0.889 bits per heavy atom. The number of esters is 2. The normalized spacial score (nSPS) is 12.3. The Morgan fingerprint density at radius 3 is 1.61 bits per heavy atom. The average Bonchev–Trinajstić information content (AvgIpc) is 2.39. The van der Waals surface area contributed by atoms with Crippen LogP contribution in [0.3, 0.4) is 0 Å². The molecule has 0 aromatic rings. The van der Waals surface area contributed by atoms with Crippen molar-refractivity contribution in [1.82, 2.24) is 0 Å². The van der Waals surface area contributed by atoms with Gasteiger partial charge in [0.15, 0.2) is 0 Å². The van der Waals surface area contributed by atoms with Gasteiger partial charge in [0.1, 0.15) is 12.2 Å². The van der Waals surface area contributed by atoms with Crippen molar-refractivity contribution < 1.29 is 34.4 Å². The van der Waals surface area contributed by atoms with E-state index in [1.54, 1.807) is 6.92 Å². The Bertz CT molecular complexity index is 220. The van der Waals surface area contributed by atoms with Gasteiger partial charge in [-0.2, -0.15) is 0 Å². The Morgan fingerprint density at radius 2 is 1.28 bits per heavy atom. The molecule has 7 heteroatoms. The number of aliphatic hydroxyl groups excluding tert-OH is 3. The van der Waals surface area contributed by atoms with Crippen LogP contribution in [0.1, 0.15) is 26.2 Å². The molecule has 0 rings (SSSR count). The van der Waals surface area contributed by atoms with Gasteiger partial charge in [-0.15, -0.1) is 0 Å². The van der Waals surface area contributed by atoms with Crippen molar-refractivity contribution in [3.8, 4) is 0 Å². The highest BCUT2D eigenvalue weighted by molar-refractivity contribution is 5.77. The van der Waals surface area contributed by atoms with Crippen LogP contribution in [0, 0.1) is 0 Å². The molecule has 0 aliphatic carbocycles. The minimum atomic E-state index is -0.964. The Hall–Kier alpha value is -1.18. The fraction of sp³-hybridized carbons (Fsp3) is 0.818. The van der Waals surface area contributed by atoms with Gasteiger partial charge in [-0.25, -0.2) is 0 Å². The first-order chi connectivity index (χ1) is 8.57. The molecule has 0 aromatic carbocycles. The third-order valence-electron chi connectivity index (χ3n) is 2.20. The van der Waals surface area contributed by atoms with Crippen LogP contribution in [0.5, 0.6) is 0 Å². The molecule has 1 unspecified atom stereocenters. The lowest BCUT2D eigenvalue weighted by molar-refractivity contribution is -0.159. The minimum absolute atomic E-state index is 0.168. The van der Waals surface area contributed by atoms with E-state index < -0.39 is 37.4 Å². The van der Waals surface area contributed by atoms with E-state index in [0.29, 0.717) is 6.42 Å². The van der Waals surface area contributed by atoms with Crippen LogP contribution in [0.15, 0.2) is 0 Å². The quantitative estimate of drug-likeness (QED) is 0.457. The number of ether oxygens (including phenoxy) is 2. The molecule has 3 N–H and O–H groups in total. The van der Waals surface area contributed by atoms with Crippen molar-refractivity contribution in [2.45, 2.75) is 38.4 Å². The first-order valence-electron chi connectivity index (χ1n) is 5.78. The van der Waals surface area contributed by atoms with Crippen LogP contribution >= 0.6 is 0 Å². The summed E-state index contributed by atoms with van der Waals surface area (Å²) in [6.45, 7) is 0.545. The second-order valence-electron chi connectivity index (χ2n) is 3.68. The van der Waals surface area contributed by atoms with E-state index in [-0.39, 0.29) is 19.4 Å². The zero-order valence-corrected chi connectivity index (χ0v) is 10.4. The van der Waals surface area contributed by atoms with Gasteiger partial charge in [0.2, 0.25) is 0 Å². The maximum atomic E-state index is 11.3. The molecule has 0 spiro atoms. The molecule has 0 bridgehead atoms. The summed E-state index contributed by atoms with van der Waals surface area (Å²) in [5.74, 6) is -1.30. The topological polar surface area (TPSA) is 113 Å². The number of hydrogen-bond acceptors (Lipinski definition) is 7. The van der Waals surface area contributed by atoms with Crippen molar-refractivity contribution in [2.24, 2.45) is 0 Å². The zero-order chi connectivity index (χ0) is 14.0. The summed E-state index contributed by atoms with van der Waals surface area (Å²) in [6, 6.07) is 0. The van der Waals surface area contributed by atoms with E-state index in [1.165, 1.54) is 0 Å². The molecule has 0 fully saturated rings. The van der Waals surface area contributed by atoms with Crippen molar-refractivity contribution >= 4 is 11.9 Å². The minimum Gasteiger partial charge on any atom is -0.460 e. The molecule has 0 amide bonds. The van der Waals surface area contributed by atoms with Crippen LogP contribution in [0.4, 0.5) is 0 Å². The monoisotopic (exact) mass is 264 g/mol. The van der Waals surface area contributed by atoms with Gasteiger partial charge in [0.25, 0.3) is 0 Å². The van der Waals surface area contributed by atoms with Gasteiger partial charge in [-0.05, 0) is 6.42 Å². The van der Waals surface area contributed by atoms with E-state index in [0.717, 1.165) is 0 Å². The van der Waals surface area contributed by atoms with Crippen molar-refractivity contribution in [3.05, 3.63) is 0 Å². The second-order valence-corrected chi connectivity index (χ2v) is 3.68. The Kier molecular flexibility index (Phi) is 9.17. The van der Waals surface area contributed by atoms with Crippen LogP contribution in [-0.4, -0.2) is 59.3 Å². The molecule has 0 aliphatic rings. The van der Waals surface area contributed by atoms with Gasteiger partial charge in [-0.3, -0.25) is 9.59 Å². The molecule has 106 valence electrons. The summed E-state index contributed by atoms with van der Waals surface area (Å²) in [5, 5.41) is 26.2. The van der Waals surface area contributed by atoms with E-state index in [9.17, 15) is 9.59 Å². The van der Waals surface area contributed by atoms with Crippen LogP contribution < -0.4 is 0 Å². The maximum Gasteiger partial charge on any atom is 0.306 e. The fourth-order valence-corrected chi connectivity index (χ4v) is 1.08. The number of hydrogen-bond donors (Lipinski definition) is 3. The molecule has 0 saturated carbocycles. The fourth-order valence-electron chi connectivity index (χ4n) is 1.08. The Balaban J connectivity index is 3.87. The lowest BCUT2D eigenvalue weighted by atomic mass is 10.3. The summed E-state index contributed by atoms with van der Waals surface area (Å²) in [4.78, 5) is 22.5. The molecule has 0 aromatic heterocycles.